The molecule has 34 heavy (non-hydrogen) atoms. The topological polar surface area (TPSA) is 110 Å². The van der Waals surface area contributed by atoms with Crippen molar-refractivity contribution < 1.29 is 9.53 Å². The van der Waals surface area contributed by atoms with Gasteiger partial charge in [-0.1, -0.05) is 30.3 Å². The van der Waals surface area contributed by atoms with Crippen LogP contribution in [-0.2, 0) is 4.79 Å². The van der Waals surface area contributed by atoms with Crippen LogP contribution in [0.2, 0.25) is 0 Å². The number of benzene rings is 1. The minimum absolute atomic E-state index is 0.00501. The summed E-state index contributed by atoms with van der Waals surface area (Å²) in [6.45, 7) is 4.24. The first kappa shape index (κ1) is 21.7. The van der Waals surface area contributed by atoms with E-state index >= 15 is 0 Å². The third-order valence-electron chi connectivity index (χ3n) is 5.90. The number of aromatic nitrogens is 6. The van der Waals surface area contributed by atoms with Crippen LogP contribution in [0.4, 0.5) is 5.82 Å². The normalized spacial score (nSPS) is 14.3. The van der Waals surface area contributed by atoms with Crippen LogP contribution >= 0.6 is 0 Å². The Morgan fingerprint density at radius 3 is 2.59 bits per heavy atom. The van der Waals surface area contributed by atoms with Gasteiger partial charge < -0.3 is 15.0 Å². The SMILES string of the molecule is Cc1ccc(N2CCC(C(=O)NCCOc3ccc4nnc(-c5ccccc5)n4n3)CC2)nn1. The number of carbonyl (C=O) groups is 1. The maximum atomic E-state index is 12.6. The number of carbonyl (C=O) groups excluding carboxylic acids is 1. The zero-order valence-corrected chi connectivity index (χ0v) is 19.0. The van der Waals surface area contributed by atoms with E-state index in [1.54, 1.807) is 10.6 Å². The van der Waals surface area contributed by atoms with Gasteiger partial charge in [-0.25, -0.2) is 0 Å². The second-order valence-electron chi connectivity index (χ2n) is 8.26. The number of nitrogens with one attached hydrogen (secondary N) is 1. The van der Waals surface area contributed by atoms with Crippen molar-refractivity contribution in [2.24, 2.45) is 5.92 Å². The summed E-state index contributed by atoms with van der Waals surface area (Å²) in [5, 5.41) is 24.2. The number of anilines is 1. The molecule has 4 heterocycles. The molecule has 1 aliphatic rings. The first-order chi connectivity index (χ1) is 16.7. The van der Waals surface area contributed by atoms with Gasteiger partial charge in [-0.15, -0.1) is 20.4 Å². The van der Waals surface area contributed by atoms with Gasteiger partial charge in [-0.2, -0.15) is 9.61 Å². The molecule has 1 saturated heterocycles. The van der Waals surface area contributed by atoms with Gasteiger partial charge in [0.25, 0.3) is 0 Å². The molecule has 0 bridgehead atoms. The second kappa shape index (κ2) is 9.82. The Balaban J connectivity index is 1.10. The fourth-order valence-corrected chi connectivity index (χ4v) is 4.02. The molecule has 10 heteroatoms. The maximum Gasteiger partial charge on any atom is 0.231 e. The fourth-order valence-electron chi connectivity index (χ4n) is 4.02. The van der Waals surface area contributed by atoms with Gasteiger partial charge >= 0.3 is 0 Å². The molecule has 0 atom stereocenters. The molecule has 4 aromatic rings. The summed E-state index contributed by atoms with van der Waals surface area (Å²) in [6, 6.07) is 17.3. The summed E-state index contributed by atoms with van der Waals surface area (Å²) >= 11 is 0. The van der Waals surface area contributed by atoms with Crippen LogP contribution in [0, 0.1) is 12.8 Å². The summed E-state index contributed by atoms with van der Waals surface area (Å²) in [5.41, 5.74) is 2.46. The van der Waals surface area contributed by atoms with Gasteiger partial charge in [0, 0.05) is 30.6 Å². The number of aryl methyl sites for hydroxylation is 1. The van der Waals surface area contributed by atoms with Crippen LogP contribution in [0.25, 0.3) is 17.0 Å². The number of amides is 1. The number of hydrogen-bond donors (Lipinski definition) is 1. The minimum Gasteiger partial charge on any atom is -0.475 e. The Bertz CT molecular complexity index is 1250. The van der Waals surface area contributed by atoms with Crippen molar-refractivity contribution in [1.82, 2.24) is 35.3 Å². The molecule has 0 spiro atoms. The van der Waals surface area contributed by atoms with E-state index in [9.17, 15) is 4.79 Å². The average Bonchev–Trinajstić information content (AvgIpc) is 3.31. The molecule has 174 valence electrons. The highest BCUT2D eigenvalue weighted by atomic mass is 16.5. The molecule has 0 radical (unpaired) electrons. The number of fused-ring (bicyclic) bond motifs is 1. The van der Waals surface area contributed by atoms with Crippen molar-refractivity contribution in [3.05, 3.63) is 60.3 Å². The van der Waals surface area contributed by atoms with Crippen LogP contribution in [0.15, 0.2) is 54.6 Å². The van der Waals surface area contributed by atoms with E-state index in [4.69, 9.17) is 4.74 Å². The third-order valence-corrected chi connectivity index (χ3v) is 5.90. The Kier molecular flexibility index (Phi) is 6.28. The van der Waals surface area contributed by atoms with Gasteiger partial charge in [0.1, 0.15) is 6.61 Å². The van der Waals surface area contributed by atoms with E-state index in [2.05, 4.69) is 35.7 Å². The van der Waals surface area contributed by atoms with E-state index in [0.29, 0.717) is 30.5 Å². The first-order valence-corrected chi connectivity index (χ1v) is 11.4. The predicted molar refractivity (Wildman–Crippen MR) is 126 cm³/mol. The van der Waals surface area contributed by atoms with Crippen LogP contribution in [0.3, 0.4) is 0 Å². The van der Waals surface area contributed by atoms with Crippen LogP contribution in [-0.4, -0.2) is 62.2 Å². The summed E-state index contributed by atoms with van der Waals surface area (Å²) in [5.74, 6) is 2.02. The Morgan fingerprint density at radius 1 is 1.00 bits per heavy atom. The zero-order chi connectivity index (χ0) is 23.3. The number of piperidine rings is 1. The van der Waals surface area contributed by atoms with Crippen LogP contribution in [0.1, 0.15) is 18.5 Å². The molecule has 0 saturated carbocycles. The van der Waals surface area contributed by atoms with Gasteiger partial charge in [-0.3, -0.25) is 4.79 Å². The lowest BCUT2D eigenvalue weighted by Gasteiger charge is -2.31. The van der Waals surface area contributed by atoms with E-state index in [1.165, 1.54) is 0 Å². The molecule has 1 amide bonds. The highest BCUT2D eigenvalue weighted by molar-refractivity contribution is 5.79. The lowest BCUT2D eigenvalue weighted by Crippen LogP contribution is -2.41. The predicted octanol–water partition coefficient (Wildman–Crippen LogP) is 2.30. The smallest absolute Gasteiger partial charge is 0.231 e. The van der Waals surface area contributed by atoms with Gasteiger partial charge in [-0.05, 0) is 38.0 Å². The summed E-state index contributed by atoms with van der Waals surface area (Å²) < 4.78 is 7.43. The minimum atomic E-state index is -0.00501. The summed E-state index contributed by atoms with van der Waals surface area (Å²) in [7, 11) is 0. The van der Waals surface area contributed by atoms with E-state index in [1.807, 2.05) is 55.5 Å². The average molecular weight is 459 g/mol. The first-order valence-electron chi connectivity index (χ1n) is 11.4. The Morgan fingerprint density at radius 2 is 1.82 bits per heavy atom. The number of ether oxygens (including phenoxy) is 1. The monoisotopic (exact) mass is 458 g/mol. The number of rotatable bonds is 7. The highest BCUT2D eigenvalue weighted by Gasteiger charge is 2.25. The Hall–Kier alpha value is -4.08. The lowest BCUT2D eigenvalue weighted by molar-refractivity contribution is -0.125. The van der Waals surface area contributed by atoms with Crippen molar-refractivity contribution in [2.45, 2.75) is 19.8 Å². The standard InChI is InChI=1S/C24H26N8O2/c1-17-7-8-20(27-26-17)31-14-11-19(12-15-31)24(33)25-13-16-34-22-10-9-21-28-29-23(32(21)30-22)18-5-3-2-4-6-18/h2-10,19H,11-16H2,1H3,(H,25,33). The molecule has 1 aromatic carbocycles. The summed E-state index contributed by atoms with van der Waals surface area (Å²) in [6.07, 6.45) is 1.58. The molecule has 1 fully saturated rings. The van der Waals surface area contributed by atoms with Crippen molar-refractivity contribution in [2.75, 3.05) is 31.1 Å². The molecule has 10 nitrogen and oxygen atoms in total. The van der Waals surface area contributed by atoms with E-state index < -0.39 is 0 Å². The molecule has 5 rings (SSSR count). The third kappa shape index (κ3) is 4.80. The Labute approximate surface area is 197 Å². The molecule has 1 aliphatic heterocycles. The lowest BCUT2D eigenvalue weighted by atomic mass is 9.96. The highest BCUT2D eigenvalue weighted by Crippen LogP contribution is 2.22. The van der Waals surface area contributed by atoms with E-state index in [0.717, 1.165) is 43.0 Å². The molecule has 3 aromatic heterocycles. The van der Waals surface area contributed by atoms with Crippen molar-refractivity contribution in [3.8, 4) is 17.3 Å². The number of hydrogen-bond acceptors (Lipinski definition) is 8. The summed E-state index contributed by atoms with van der Waals surface area (Å²) in [4.78, 5) is 14.8. The quantitative estimate of drug-likeness (QED) is 0.420. The van der Waals surface area contributed by atoms with Crippen LogP contribution in [0.5, 0.6) is 5.88 Å². The zero-order valence-electron chi connectivity index (χ0n) is 19.0. The van der Waals surface area contributed by atoms with Gasteiger partial charge in [0.2, 0.25) is 11.8 Å². The molecule has 0 unspecified atom stereocenters. The number of nitrogens with zero attached hydrogens (tertiary/aromatic N) is 7. The van der Waals surface area contributed by atoms with E-state index in [-0.39, 0.29) is 11.8 Å². The van der Waals surface area contributed by atoms with Crippen molar-refractivity contribution >= 4 is 17.4 Å². The molecule has 0 aliphatic carbocycles. The molecule has 1 N–H and O–H groups in total. The molecular weight excluding hydrogens is 432 g/mol. The maximum absolute atomic E-state index is 12.6. The van der Waals surface area contributed by atoms with Gasteiger partial charge in [0.05, 0.1) is 12.2 Å². The van der Waals surface area contributed by atoms with Crippen molar-refractivity contribution in [1.29, 1.82) is 0 Å². The fraction of sp³-hybridized carbons (Fsp3) is 0.333. The van der Waals surface area contributed by atoms with Gasteiger partial charge in [0.15, 0.2) is 17.3 Å². The molecular formula is C24H26N8O2. The van der Waals surface area contributed by atoms with Crippen LogP contribution < -0.4 is 15.0 Å². The second-order valence-corrected chi connectivity index (χ2v) is 8.26. The largest absolute Gasteiger partial charge is 0.475 e. The van der Waals surface area contributed by atoms with Crippen molar-refractivity contribution in [3.63, 3.8) is 0 Å².